The van der Waals surface area contributed by atoms with Crippen molar-refractivity contribution < 1.29 is 14.6 Å². The average Bonchev–Trinajstić information content (AvgIpc) is 2.78. The Morgan fingerprint density at radius 1 is 1.16 bits per heavy atom. The molecule has 0 aliphatic carbocycles. The topological polar surface area (TPSA) is 73.0 Å². The first-order valence-electron chi connectivity index (χ1n) is 10.8. The fraction of sp³-hybridized carbons (Fsp3) is 0.333. The summed E-state index contributed by atoms with van der Waals surface area (Å²) in [6.07, 6.45) is 3.85. The lowest BCUT2D eigenvalue weighted by Gasteiger charge is -2.33. The number of hydrogen-bond donors (Lipinski definition) is 0. The quantitative estimate of drug-likeness (QED) is 0.284. The maximum atomic E-state index is 13.2. The number of aromatic nitrogens is 3. The summed E-state index contributed by atoms with van der Waals surface area (Å²) in [5.74, 6) is 0.312. The van der Waals surface area contributed by atoms with Crippen molar-refractivity contribution in [1.82, 2.24) is 10.1 Å². The van der Waals surface area contributed by atoms with Crippen LogP contribution in [0.4, 0.5) is 5.69 Å². The second kappa shape index (κ2) is 9.88. The Bertz CT molecular complexity index is 1140. The lowest BCUT2D eigenvalue weighted by Crippen LogP contribution is -2.58. The van der Waals surface area contributed by atoms with Crippen molar-refractivity contribution in [3.63, 3.8) is 0 Å². The molecule has 0 fully saturated rings. The lowest BCUT2D eigenvalue weighted by atomic mass is 10.0. The highest BCUT2D eigenvalue weighted by Gasteiger charge is 2.44. The molecule has 1 aliphatic heterocycles. The number of anilines is 1. The Morgan fingerprint density at radius 2 is 1.91 bits per heavy atom. The van der Waals surface area contributed by atoms with Crippen LogP contribution in [0.3, 0.4) is 0 Å². The number of unbranched alkanes of at least 4 members (excludes halogenated alkanes) is 3. The zero-order chi connectivity index (χ0) is 22.7. The smallest absolute Gasteiger partial charge is 0.294 e. The van der Waals surface area contributed by atoms with Crippen LogP contribution in [0.25, 0.3) is 11.3 Å². The third-order valence-electron chi connectivity index (χ3n) is 5.47. The van der Waals surface area contributed by atoms with E-state index in [1.54, 1.807) is 15.6 Å². The monoisotopic (exact) mass is 468 g/mol. The van der Waals surface area contributed by atoms with Crippen molar-refractivity contribution in [3.05, 3.63) is 59.1 Å². The Kier molecular flexibility index (Phi) is 6.96. The maximum absolute atomic E-state index is 13.2. The molecule has 0 spiro atoms. The molecule has 3 aromatic rings. The number of carbonyl (C=O) groups is 1. The van der Waals surface area contributed by atoms with E-state index in [1.165, 1.54) is 31.5 Å². The van der Waals surface area contributed by atoms with E-state index in [4.69, 9.17) is 16.7 Å². The van der Waals surface area contributed by atoms with Crippen molar-refractivity contribution in [2.45, 2.75) is 50.9 Å². The molecule has 0 radical (unpaired) electrons. The molecule has 1 amide bonds. The number of thioether (sulfide) groups is 1. The summed E-state index contributed by atoms with van der Waals surface area (Å²) in [6.45, 7) is 3.68. The molecule has 0 bridgehead atoms. The van der Waals surface area contributed by atoms with Gasteiger partial charge in [0.15, 0.2) is 0 Å². The molecule has 8 heteroatoms. The number of amides is 1. The molecule has 0 saturated carbocycles. The third kappa shape index (κ3) is 4.32. The summed E-state index contributed by atoms with van der Waals surface area (Å²) in [5.41, 5.74) is 2.33. The largest absolute Gasteiger partial charge is 0.854 e. The first kappa shape index (κ1) is 22.6. The van der Waals surface area contributed by atoms with E-state index in [9.17, 15) is 9.90 Å². The van der Waals surface area contributed by atoms with Crippen molar-refractivity contribution in [1.29, 1.82) is 0 Å². The number of carbonyl (C=O) groups excluding carboxylic acids is 1. The van der Waals surface area contributed by atoms with Crippen LogP contribution < -0.4 is 14.7 Å². The fourth-order valence-electron chi connectivity index (χ4n) is 3.99. The van der Waals surface area contributed by atoms with Gasteiger partial charge in [-0.25, -0.2) is 9.88 Å². The molecule has 1 atom stereocenters. The fourth-order valence-corrected chi connectivity index (χ4v) is 5.05. The first-order chi connectivity index (χ1) is 15.5. The SMILES string of the molecule is CCCCCCSc1nc([O-])c2[n+](n1)C(c1ccccc1Cl)N(C(C)=O)c1ccccc1-2. The van der Waals surface area contributed by atoms with Crippen LogP contribution in [-0.4, -0.2) is 21.7 Å². The molecule has 2 heterocycles. The summed E-state index contributed by atoms with van der Waals surface area (Å²) in [4.78, 5) is 18.8. The number of hydrogen-bond acceptors (Lipinski definition) is 5. The van der Waals surface area contributed by atoms with E-state index in [0.29, 0.717) is 32.7 Å². The van der Waals surface area contributed by atoms with Gasteiger partial charge in [0.2, 0.25) is 5.91 Å². The van der Waals surface area contributed by atoms with Gasteiger partial charge in [0.25, 0.3) is 17.0 Å². The molecule has 166 valence electrons. The summed E-state index contributed by atoms with van der Waals surface area (Å²) < 4.78 is 1.62. The molecule has 1 aromatic heterocycles. The highest BCUT2D eigenvalue weighted by molar-refractivity contribution is 7.99. The van der Waals surface area contributed by atoms with Gasteiger partial charge in [0, 0.05) is 17.8 Å². The Hall–Kier alpha value is -2.64. The second-order valence-electron chi connectivity index (χ2n) is 7.70. The predicted molar refractivity (Wildman–Crippen MR) is 125 cm³/mol. The Balaban J connectivity index is 1.86. The van der Waals surface area contributed by atoms with Gasteiger partial charge >= 0.3 is 0 Å². The molecule has 1 unspecified atom stereocenters. The Labute approximate surface area is 197 Å². The number of benzene rings is 2. The normalized spacial score (nSPS) is 14.7. The highest BCUT2D eigenvalue weighted by atomic mass is 35.5. The molecule has 1 aliphatic rings. The number of fused-ring (bicyclic) bond motifs is 3. The predicted octanol–water partition coefficient (Wildman–Crippen LogP) is 4.74. The molecule has 6 nitrogen and oxygen atoms in total. The molecular weight excluding hydrogens is 444 g/mol. The van der Waals surface area contributed by atoms with Crippen LogP contribution >= 0.6 is 23.4 Å². The van der Waals surface area contributed by atoms with Gasteiger partial charge in [-0.2, -0.15) is 0 Å². The summed E-state index contributed by atoms with van der Waals surface area (Å²) >= 11 is 8.03. The molecular formula is C24H25ClN4O2S. The number of halogens is 1. The zero-order valence-corrected chi connectivity index (χ0v) is 19.7. The Morgan fingerprint density at radius 3 is 2.66 bits per heavy atom. The number of rotatable bonds is 7. The minimum atomic E-state index is -0.679. The van der Waals surface area contributed by atoms with Crippen LogP contribution in [0.1, 0.15) is 51.3 Å². The molecule has 32 heavy (non-hydrogen) atoms. The van der Waals surface area contributed by atoms with E-state index < -0.39 is 6.17 Å². The van der Waals surface area contributed by atoms with E-state index in [-0.39, 0.29) is 11.8 Å². The number of para-hydroxylation sites is 1. The van der Waals surface area contributed by atoms with E-state index >= 15 is 0 Å². The van der Waals surface area contributed by atoms with Crippen molar-refractivity contribution in [2.75, 3.05) is 10.7 Å². The first-order valence-corrected chi connectivity index (χ1v) is 12.2. The van der Waals surface area contributed by atoms with Crippen LogP contribution in [0.2, 0.25) is 5.02 Å². The van der Waals surface area contributed by atoms with Gasteiger partial charge in [-0.1, -0.05) is 78.5 Å². The van der Waals surface area contributed by atoms with E-state index in [1.807, 2.05) is 42.5 Å². The maximum Gasteiger partial charge on any atom is 0.294 e. The van der Waals surface area contributed by atoms with Gasteiger partial charge in [0.1, 0.15) is 0 Å². The van der Waals surface area contributed by atoms with Gasteiger partial charge in [-0.15, -0.1) is 0 Å². The number of nitrogens with zero attached hydrogens (tertiary/aromatic N) is 4. The third-order valence-corrected chi connectivity index (χ3v) is 6.74. The van der Waals surface area contributed by atoms with Crippen LogP contribution in [0.15, 0.2) is 53.7 Å². The zero-order valence-electron chi connectivity index (χ0n) is 18.1. The molecule has 2 aromatic carbocycles. The van der Waals surface area contributed by atoms with Crippen molar-refractivity contribution in [3.8, 4) is 17.1 Å². The second-order valence-corrected chi connectivity index (χ2v) is 9.17. The minimum Gasteiger partial charge on any atom is -0.854 e. The van der Waals surface area contributed by atoms with E-state index in [0.717, 1.165) is 18.6 Å². The van der Waals surface area contributed by atoms with Gasteiger partial charge < -0.3 is 5.11 Å². The van der Waals surface area contributed by atoms with Gasteiger partial charge in [-0.05, 0) is 30.7 Å². The van der Waals surface area contributed by atoms with Crippen LogP contribution in [-0.2, 0) is 4.79 Å². The molecule has 0 saturated heterocycles. The summed E-state index contributed by atoms with van der Waals surface area (Å²) in [5, 5.41) is 18.9. The van der Waals surface area contributed by atoms with Crippen LogP contribution in [0, 0.1) is 0 Å². The highest BCUT2D eigenvalue weighted by Crippen LogP contribution is 2.41. The van der Waals surface area contributed by atoms with Gasteiger partial charge in [-0.3, -0.25) is 4.79 Å². The average molecular weight is 469 g/mol. The minimum absolute atomic E-state index is 0.166. The standard InChI is InChI=1S/C24H25ClN4O2S/c1-3-4-5-10-15-32-24-26-22(31)21-18-12-7-9-14-20(18)28(16(2)30)23(29(21)27-24)17-11-6-8-13-19(17)25/h6-9,11-14,23H,3-5,10,15H2,1-2H3. The van der Waals surface area contributed by atoms with Crippen molar-refractivity contribution >= 4 is 35.0 Å². The molecule has 4 rings (SSSR count). The van der Waals surface area contributed by atoms with Crippen LogP contribution in [0.5, 0.6) is 5.88 Å². The summed E-state index contributed by atoms with van der Waals surface area (Å²) in [7, 11) is 0. The van der Waals surface area contributed by atoms with E-state index in [2.05, 4.69) is 11.9 Å². The summed E-state index contributed by atoms with van der Waals surface area (Å²) in [6, 6.07) is 14.7. The van der Waals surface area contributed by atoms with Gasteiger partial charge in [0.05, 0.1) is 27.7 Å². The van der Waals surface area contributed by atoms with Crippen molar-refractivity contribution in [2.24, 2.45) is 0 Å². The lowest BCUT2D eigenvalue weighted by molar-refractivity contribution is -0.764. The molecule has 0 N–H and O–H groups in total.